The molecule has 16 heavy (non-hydrogen) atoms. The van der Waals surface area contributed by atoms with Gasteiger partial charge in [0.15, 0.2) is 0 Å². The van der Waals surface area contributed by atoms with Gasteiger partial charge in [0, 0.05) is 12.8 Å². The molecule has 0 saturated heterocycles. The Balaban J connectivity index is 2.46. The maximum Gasteiger partial charge on any atom is 0.306 e. The molecule has 0 saturated carbocycles. The summed E-state index contributed by atoms with van der Waals surface area (Å²) in [5.41, 5.74) is 1.22. The number of carbonyl (C=O) groups excluding carboxylic acids is 1. The summed E-state index contributed by atoms with van der Waals surface area (Å²) in [6, 6.07) is 10.1. The van der Waals surface area contributed by atoms with Crippen molar-refractivity contribution in [2.75, 3.05) is 0 Å². The van der Waals surface area contributed by atoms with Crippen LogP contribution in [0.2, 0.25) is 0 Å². The highest BCUT2D eigenvalue weighted by Crippen LogP contribution is 2.10. The Morgan fingerprint density at radius 3 is 2.50 bits per heavy atom. The Morgan fingerprint density at radius 1 is 1.25 bits per heavy atom. The first kappa shape index (κ1) is 12.8. The van der Waals surface area contributed by atoms with Crippen molar-refractivity contribution in [3.8, 4) is 0 Å². The number of benzene rings is 1. The summed E-state index contributed by atoms with van der Waals surface area (Å²) in [6.07, 6.45) is 3.06. The molecule has 88 valence electrons. The molecular formula is C14H20O2. The second-order valence-electron chi connectivity index (χ2n) is 3.96. The van der Waals surface area contributed by atoms with Gasteiger partial charge >= 0.3 is 5.97 Å². The van der Waals surface area contributed by atoms with Gasteiger partial charge in [-0.05, 0) is 18.4 Å². The third-order valence-electron chi connectivity index (χ3n) is 2.51. The van der Waals surface area contributed by atoms with Gasteiger partial charge in [0.1, 0.15) is 6.10 Å². The molecule has 0 bridgehead atoms. The topological polar surface area (TPSA) is 26.3 Å². The van der Waals surface area contributed by atoms with Crippen LogP contribution in [0.15, 0.2) is 30.3 Å². The molecule has 2 nitrogen and oxygen atoms in total. The van der Waals surface area contributed by atoms with Crippen LogP contribution in [0.4, 0.5) is 0 Å². The van der Waals surface area contributed by atoms with Crippen LogP contribution in [0.1, 0.15) is 38.7 Å². The minimum absolute atomic E-state index is 0.0152. The maximum absolute atomic E-state index is 11.4. The molecule has 0 aliphatic carbocycles. The van der Waals surface area contributed by atoms with E-state index in [0.29, 0.717) is 6.42 Å². The Labute approximate surface area is 97.6 Å². The summed E-state index contributed by atoms with van der Waals surface area (Å²) in [6.45, 7) is 4.03. The van der Waals surface area contributed by atoms with Crippen LogP contribution in [-0.2, 0) is 16.0 Å². The first-order valence-corrected chi connectivity index (χ1v) is 5.99. The van der Waals surface area contributed by atoms with Gasteiger partial charge in [-0.25, -0.2) is 0 Å². The van der Waals surface area contributed by atoms with Crippen molar-refractivity contribution < 1.29 is 9.53 Å². The predicted octanol–water partition coefficient (Wildman–Crippen LogP) is 3.35. The van der Waals surface area contributed by atoms with Crippen molar-refractivity contribution in [3.63, 3.8) is 0 Å². The fourth-order valence-electron chi connectivity index (χ4n) is 1.60. The van der Waals surface area contributed by atoms with Crippen molar-refractivity contribution in [2.24, 2.45) is 0 Å². The Hall–Kier alpha value is -1.31. The molecule has 0 unspecified atom stereocenters. The molecule has 0 spiro atoms. The van der Waals surface area contributed by atoms with E-state index in [1.807, 2.05) is 32.0 Å². The van der Waals surface area contributed by atoms with Gasteiger partial charge in [-0.3, -0.25) is 4.79 Å². The molecule has 1 aromatic carbocycles. The number of hydrogen-bond donors (Lipinski definition) is 0. The van der Waals surface area contributed by atoms with E-state index >= 15 is 0 Å². The first-order valence-electron chi connectivity index (χ1n) is 5.99. The fraction of sp³-hybridized carbons (Fsp3) is 0.500. The van der Waals surface area contributed by atoms with Crippen LogP contribution >= 0.6 is 0 Å². The quantitative estimate of drug-likeness (QED) is 0.687. The number of rotatable bonds is 6. The van der Waals surface area contributed by atoms with E-state index in [4.69, 9.17) is 4.74 Å². The van der Waals surface area contributed by atoms with Gasteiger partial charge in [0.25, 0.3) is 0 Å². The lowest BCUT2D eigenvalue weighted by molar-refractivity contribution is -0.149. The van der Waals surface area contributed by atoms with Gasteiger partial charge in [0.2, 0.25) is 0 Å². The molecule has 0 fully saturated rings. The van der Waals surface area contributed by atoms with E-state index < -0.39 is 0 Å². The smallest absolute Gasteiger partial charge is 0.306 e. The molecule has 0 amide bonds. The molecule has 2 heteroatoms. The van der Waals surface area contributed by atoms with Gasteiger partial charge in [-0.1, -0.05) is 44.2 Å². The van der Waals surface area contributed by atoms with Gasteiger partial charge in [-0.2, -0.15) is 0 Å². The number of ether oxygens (including phenoxy) is 1. The van der Waals surface area contributed by atoms with Crippen molar-refractivity contribution in [1.82, 2.24) is 0 Å². The molecule has 0 aliphatic heterocycles. The van der Waals surface area contributed by atoms with Gasteiger partial charge < -0.3 is 4.74 Å². The SMILES string of the molecule is CCCC(=O)O[C@@H](CC)Cc1ccccc1. The standard InChI is InChI=1S/C14H20O2/c1-3-8-14(15)16-13(4-2)11-12-9-6-5-7-10-12/h5-7,9-10,13H,3-4,8,11H2,1-2H3/t13-/m0/s1. The zero-order valence-electron chi connectivity index (χ0n) is 10.1. The first-order chi connectivity index (χ1) is 7.76. The number of esters is 1. The predicted molar refractivity (Wildman–Crippen MR) is 65.2 cm³/mol. The summed E-state index contributed by atoms with van der Waals surface area (Å²) in [4.78, 5) is 11.4. The minimum atomic E-state index is -0.0784. The second kappa shape index (κ2) is 7.04. The molecule has 1 aromatic rings. The molecule has 1 rings (SSSR count). The zero-order chi connectivity index (χ0) is 11.8. The molecule has 0 aromatic heterocycles. The third kappa shape index (κ3) is 4.47. The highest BCUT2D eigenvalue weighted by Gasteiger charge is 2.12. The summed E-state index contributed by atoms with van der Waals surface area (Å²) in [5, 5.41) is 0. The highest BCUT2D eigenvalue weighted by atomic mass is 16.5. The highest BCUT2D eigenvalue weighted by molar-refractivity contribution is 5.69. The van der Waals surface area contributed by atoms with Crippen molar-refractivity contribution in [3.05, 3.63) is 35.9 Å². The molecule has 0 aliphatic rings. The Kier molecular flexibility index (Phi) is 5.62. The molecular weight excluding hydrogens is 200 g/mol. The molecule has 0 N–H and O–H groups in total. The lowest BCUT2D eigenvalue weighted by Gasteiger charge is -2.16. The van der Waals surface area contributed by atoms with Crippen molar-refractivity contribution in [2.45, 2.75) is 45.6 Å². The maximum atomic E-state index is 11.4. The van der Waals surface area contributed by atoms with E-state index in [1.54, 1.807) is 0 Å². The van der Waals surface area contributed by atoms with Crippen LogP contribution in [0.25, 0.3) is 0 Å². The average Bonchev–Trinajstić information content (AvgIpc) is 2.30. The lowest BCUT2D eigenvalue weighted by Crippen LogP contribution is -2.19. The Bertz CT molecular complexity index is 306. The largest absolute Gasteiger partial charge is 0.462 e. The van der Waals surface area contributed by atoms with Crippen molar-refractivity contribution in [1.29, 1.82) is 0 Å². The van der Waals surface area contributed by atoms with E-state index in [0.717, 1.165) is 19.3 Å². The minimum Gasteiger partial charge on any atom is -0.462 e. The number of carbonyl (C=O) groups is 1. The third-order valence-corrected chi connectivity index (χ3v) is 2.51. The van der Waals surface area contributed by atoms with Crippen LogP contribution in [-0.4, -0.2) is 12.1 Å². The van der Waals surface area contributed by atoms with E-state index in [-0.39, 0.29) is 12.1 Å². The molecule has 1 atom stereocenters. The van der Waals surface area contributed by atoms with Crippen LogP contribution < -0.4 is 0 Å². The molecule has 0 heterocycles. The summed E-state index contributed by atoms with van der Waals surface area (Å²) in [5.74, 6) is -0.0784. The molecule has 0 radical (unpaired) electrons. The number of hydrogen-bond acceptors (Lipinski definition) is 2. The van der Waals surface area contributed by atoms with Gasteiger partial charge in [-0.15, -0.1) is 0 Å². The van der Waals surface area contributed by atoms with Crippen molar-refractivity contribution >= 4 is 5.97 Å². The summed E-state index contributed by atoms with van der Waals surface area (Å²) >= 11 is 0. The summed E-state index contributed by atoms with van der Waals surface area (Å²) < 4.78 is 5.41. The lowest BCUT2D eigenvalue weighted by atomic mass is 10.1. The van der Waals surface area contributed by atoms with Gasteiger partial charge in [0.05, 0.1) is 0 Å². The average molecular weight is 220 g/mol. The fourth-order valence-corrected chi connectivity index (χ4v) is 1.60. The van der Waals surface area contributed by atoms with E-state index in [2.05, 4.69) is 12.1 Å². The normalized spacial score (nSPS) is 12.1. The summed E-state index contributed by atoms with van der Waals surface area (Å²) in [7, 11) is 0. The van der Waals surface area contributed by atoms with E-state index in [1.165, 1.54) is 5.56 Å². The van der Waals surface area contributed by atoms with Crippen LogP contribution in [0.3, 0.4) is 0 Å². The monoisotopic (exact) mass is 220 g/mol. The van der Waals surface area contributed by atoms with Crippen LogP contribution in [0.5, 0.6) is 0 Å². The Morgan fingerprint density at radius 2 is 1.94 bits per heavy atom. The zero-order valence-corrected chi connectivity index (χ0v) is 10.1. The van der Waals surface area contributed by atoms with E-state index in [9.17, 15) is 4.79 Å². The second-order valence-corrected chi connectivity index (χ2v) is 3.96. The van der Waals surface area contributed by atoms with Crippen LogP contribution in [0, 0.1) is 0 Å².